The van der Waals surface area contributed by atoms with Crippen molar-refractivity contribution in [3.63, 3.8) is 0 Å². The van der Waals surface area contributed by atoms with Gasteiger partial charge in [0.15, 0.2) is 9.84 Å². The molecule has 1 unspecified atom stereocenters. The summed E-state index contributed by atoms with van der Waals surface area (Å²) in [5.41, 5.74) is 0.632. The van der Waals surface area contributed by atoms with E-state index in [2.05, 4.69) is 0 Å². The first-order chi connectivity index (χ1) is 11.9. The molecule has 1 saturated heterocycles. The molecular weight excluding hydrogens is 373 g/mol. The predicted molar refractivity (Wildman–Crippen MR) is 87.4 cm³/mol. The Morgan fingerprint density at radius 2 is 1.96 bits per heavy atom. The van der Waals surface area contributed by atoms with E-state index in [1.165, 1.54) is 23.1 Å². The number of amides is 2. The van der Waals surface area contributed by atoms with Crippen LogP contribution in [0.1, 0.15) is 28.8 Å². The van der Waals surface area contributed by atoms with Crippen molar-refractivity contribution in [3.05, 3.63) is 29.3 Å². The Bertz CT molecular complexity index is 821. The van der Waals surface area contributed by atoms with Crippen LogP contribution in [0, 0.1) is 6.92 Å². The average molecular weight is 392 g/mol. The first kappa shape index (κ1) is 20.2. The van der Waals surface area contributed by atoms with Crippen LogP contribution in [0.15, 0.2) is 23.1 Å². The molecule has 0 bridgehead atoms. The van der Waals surface area contributed by atoms with Gasteiger partial charge in [-0.1, -0.05) is 6.07 Å². The van der Waals surface area contributed by atoms with Gasteiger partial charge < -0.3 is 10.2 Å². The Morgan fingerprint density at radius 1 is 1.31 bits per heavy atom. The summed E-state index contributed by atoms with van der Waals surface area (Å²) in [5.74, 6) is -1.44. The molecule has 10 heteroatoms. The molecule has 0 saturated carbocycles. The van der Waals surface area contributed by atoms with Crippen molar-refractivity contribution < 1.29 is 31.2 Å². The highest BCUT2D eigenvalue weighted by Crippen LogP contribution is 2.24. The maximum absolute atomic E-state index is 12.8. The van der Waals surface area contributed by atoms with Gasteiger partial charge in [0.2, 0.25) is 5.91 Å². The van der Waals surface area contributed by atoms with Gasteiger partial charge in [-0.15, -0.1) is 0 Å². The third-order valence-electron chi connectivity index (χ3n) is 4.15. The number of nitrogens with one attached hydrogen (secondary N) is 1. The lowest BCUT2D eigenvalue weighted by Crippen LogP contribution is -2.48. The van der Waals surface area contributed by atoms with E-state index in [4.69, 9.17) is 0 Å². The topological polar surface area (TPSA) is 83.6 Å². The summed E-state index contributed by atoms with van der Waals surface area (Å²) in [5, 5.41) is 1.80. The standard InChI is InChI=1S/C16H19F3N2O4S/c1-10-5-6-11(26(2,24)25)8-12(10)15(23)21-7-3-4-13(21)14(22)20-9-16(17,18)19/h5-6,8,13H,3-4,7,9H2,1-2H3,(H,20,22). The van der Waals surface area contributed by atoms with Crippen molar-refractivity contribution in [2.75, 3.05) is 19.3 Å². The molecule has 1 fully saturated rings. The highest BCUT2D eigenvalue weighted by molar-refractivity contribution is 7.90. The van der Waals surface area contributed by atoms with Crippen LogP contribution in [0.5, 0.6) is 0 Å². The number of hydrogen-bond acceptors (Lipinski definition) is 4. The molecule has 2 rings (SSSR count). The van der Waals surface area contributed by atoms with E-state index in [1.54, 1.807) is 12.2 Å². The molecule has 1 aromatic carbocycles. The zero-order valence-corrected chi connectivity index (χ0v) is 15.1. The second-order valence-corrected chi connectivity index (χ2v) is 8.25. The third kappa shape index (κ3) is 4.75. The largest absolute Gasteiger partial charge is 0.405 e. The summed E-state index contributed by atoms with van der Waals surface area (Å²) in [4.78, 5) is 26.0. The fraction of sp³-hybridized carbons (Fsp3) is 0.500. The number of nitrogens with zero attached hydrogens (tertiary/aromatic N) is 1. The zero-order valence-electron chi connectivity index (χ0n) is 14.3. The van der Waals surface area contributed by atoms with Crippen molar-refractivity contribution in [3.8, 4) is 0 Å². The first-order valence-corrected chi connectivity index (χ1v) is 9.75. The molecule has 1 aliphatic rings. The Balaban J connectivity index is 2.24. The lowest BCUT2D eigenvalue weighted by atomic mass is 10.1. The van der Waals surface area contributed by atoms with E-state index < -0.39 is 40.4 Å². The Labute approximate surface area is 149 Å². The summed E-state index contributed by atoms with van der Waals surface area (Å²) in [6, 6.07) is 3.08. The minimum Gasteiger partial charge on any atom is -0.345 e. The van der Waals surface area contributed by atoms with Crippen LogP contribution in [0.4, 0.5) is 13.2 Å². The van der Waals surface area contributed by atoms with Gasteiger partial charge in [0.25, 0.3) is 5.91 Å². The zero-order chi connectivity index (χ0) is 19.7. The van der Waals surface area contributed by atoms with Gasteiger partial charge in [0.1, 0.15) is 12.6 Å². The molecule has 0 radical (unpaired) electrons. The van der Waals surface area contributed by atoms with Crippen molar-refractivity contribution in [2.24, 2.45) is 0 Å². The van der Waals surface area contributed by atoms with Gasteiger partial charge in [-0.25, -0.2) is 8.42 Å². The van der Waals surface area contributed by atoms with Crippen LogP contribution >= 0.6 is 0 Å². The van der Waals surface area contributed by atoms with E-state index in [0.717, 1.165) is 6.26 Å². The number of rotatable bonds is 4. The number of sulfone groups is 1. The normalized spacial score (nSPS) is 18.0. The van der Waals surface area contributed by atoms with Crippen LogP contribution in [0.3, 0.4) is 0 Å². The second kappa shape index (κ2) is 7.26. The minimum absolute atomic E-state index is 0.0382. The molecule has 144 valence electrons. The summed E-state index contributed by atoms with van der Waals surface area (Å²) < 4.78 is 60.2. The monoisotopic (exact) mass is 392 g/mol. The Hall–Kier alpha value is -2.10. The molecular formula is C16H19F3N2O4S. The number of likely N-dealkylation sites (tertiary alicyclic amines) is 1. The van der Waals surface area contributed by atoms with Crippen LogP contribution < -0.4 is 5.32 Å². The number of hydrogen-bond donors (Lipinski definition) is 1. The van der Waals surface area contributed by atoms with Crippen LogP contribution in [-0.4, -0.2) is 56.7 Å². The van der Waals surface area contributed by atoms with Crippen LogP contribution in [-0.2, 0) is 14.6 Å². The Kier molecular flexibility index (Phi) is 5.64. The lowest BCUT2D eigenvalue weighted by molar-refractivity contribution is -0.140. The quantitative estimate of drug-likeness (QED) is 0.845. The van der Waals surface area contributed by atoms with Gasteiger partial charge in [0, 0.05) is 18.4 Å². The van der Waals surface area contributed by atoms with Gasteiger partial charge in [-0.2, -0.15) is 13.2 Å². The van der Waals surface area contributed by atoms with E-state index >= 15 is 0 Å². The fourth-order valence-corrected chi connectivity index (χ4v) is 3.45. The predicted octanol–water partition coefficient (Wildman–Crippen LogP) is 1.68. The molecule has 0 aliphatic carbocycles. The van der Waals surface area contributed by atoms with Crippen molar-refractivity contribution >= 4 is 21.7 Å². The molecule has 1 aliphatic heterocycles. The lowest BCUT2D eigenvalue weighted by Gasteiger charge is -2.25. The number of halogens is 3. The smallest absolute Gasteiger partial charge is 0.345 e. The maximum atomic E-state index is 12.8. The minimum atomic E-state index is -4.54. The molecule has 0 aromatic heterocycles. The Morgan fingerprint density at radius 3 is 2.54 bits per heavy atom. The molecule has 1 aromatic rings. The van der Waals surface area contributed by atoms with Gasteiger partial charge in [-0.05, 0) is 37.5 Å². The molecule has 1 N–H and O–H groups in total. The maximum Gasteiger partial charge on any atom is 0.405 e. The molecule has 2 amide bonds. The van der Waals surface area contributed by atoms with Crippen molar-refractivity contribution in [1.29, 1.82) is 0 Å². The number of carbonyl (C=O) groups is 2. The molecule has 26 heavy (non-hydrogen) atoms. The van der Waals surface area contributed by atoms with E-state index in [1.807, 2.05) is 0 Å². The highest BCUT2D eigenvalue weighted by Gasteiger charge is 2.37. The highest BCUT2D eigenvalue weighted by atomic mass is 32.2. The number of carbonyl (C=O) groups excluding carboxylic acids is 2. The first-order valence-electron chi connectivity index (χ1n) is 7.86. The van der Waals surface area contributed by atoms with Crippen molar-refractivity contribution in [1.82, 2.24) is 10.2 Å². The fourth-order valence-electron chi connectivity index (χ4n) is 2.80. The van der Waals surface area contributed by atoms with Crippen LogP contribution in [0.2, 0.25) is 0 Å². The summed E-state index contributed by atoms with van der Waals surface area (Å²) >= 11 is 0. The average Bonchev–Trinajstić information content (AvgIpc) is 3.00. The van der Waals surface area contributed by atoms with Crippen LogP contribution in [0.25, 0.3) is 0 Å². The van der Waals surface area contributed by atoms with Gasteiger partial charge in [-0.3, -0.25) is 9.59 Å². The molecule has 6 nitrogen and oxygen atoms in total. The summed E-state index contributed by atoms with van der Waals surface area (Å²) in [6.45, 7) is 0.368. The molecule has 0 spiro atoms. The third-order valence-corrected chi connectivity index (χ3v) is 5.26. The van der Waals surface area contributed by atoms with E-state index in [-0.39, 0.29) is 23.4 Å². The van der Waals surface area contributed by atoms with Crippen molar-refractivity contribution in [2.45, 2.75) is 36.9 Å². The molecule has 1 heterocycles. The number of benzene rings is 1. The van der Waals surface area contributed by atoms with E-state index in [0.29, 0.717) is 12.0 Å². The summed E-state index contributed by atoms with van der Waals surface area (Å²) in [6.07, 6.45) is -2.81. The molecule has 1 atom stereocenters. The number of alkyl halides is 3. The SMILES string of the molecule is Cc1ccc(S(C)(=O)=O)cc1C(=O)N1CCCC1C(=O)NCC(F)(F)F. The summed E-state index contributed by atoms with van der Waals surface area (Å²) in [7, 11) is -3.53. The number of aryl methyl sites for hydroxylation is 1. The van der Waals surface area contributed by atoms with Gasteiger partial charge >= 0.3 is 6.18 Å². The van der Waals surface area contributed by atoms with Gasteiger partial charge in [0.05, 0.1) is 4.90 Å². The van der Waals surface area contributed by atoms with E-state index in [9.17, 15) is 31.2 Å². The second-order valence-electron chi connectivity index (χ2n) is 6.24.